The van der Waals surface area contributed by atoms with Crippen LogP contribution in [0, 0.1) is 23.7 Å². The molecule has 0 fully saturated rings. The molecule has 3 N–H and O–H groups in total. The van der Waals surface area contributed by atoms with Crippen LogP contribution in [-0.4, -0.2) is 96.7 Å². The van der Waals surface area contributed by atoms with E-state index in [-0.39, 0.29) is 25.7 Å². The number of phosphoric acid groups is 2. The van der Waals surface area contributed by atoms with Crippen molar-refractivity contribution in [1.82, 2.24) is 0 Å². The van der Waals surface area contributed by atoms with E-state index in [0.717, 1.165) is 114 Å². The molecule has 612 valence electrons. The van der Waals surface area contributed by atoms with Gasteiger partial charge in [-0.3, -0.25) is 37.3 Å². The second-order valence-electron chi connectivity index (χ2n) is 31.7. The summed E-state index contributed by atoms with van der Waals surface area (Å²) in [6.07, 6.45) is 60.9. The highest BCUT2D eigenvalue weighted by Gasteiger charge is 2.30. The molecule has 0 aromatic heterocycles. The van der Waals surface area contributed by atoms with Crippen LogP contribution in [0.4, 0.5) is 0 Å². The fraction of sp³-hybridized carbons (Fsp3) is 0.952. The van der Waals surface area contributed by atoms with Crippen LogP contribution < -0.4 is 0 Å². The number of esters is 4. The van der Waals surface area contributed by atoms with Gasteiger partial charge in [0.2, 0.25) is 0 Å². The third-order valence-corrected chi connectivity index (χ3v) is 22.2. The van der Waals surface area contributed by atoms with Crippen LogP contribution in [0.15, 0.2) is 0 Å². The summed E-state index contributed by atoms with van der Waals surface area (Å²) in [7, 11) is -9.93. The van der Waals surface area contributed by atoms with Crippen LogP contribution in [-0.2, 0) is 65.4 Å². The van der Waals surface area contributed by atoms with Crippen molar-refractivity contribution in [2.24, 2.45) is 23.7 Å². The van der Waals surface area contributed by atoms with Crippen molar-refractivity contribution in [2.75, 3.05) is 39.6 Å². The Morgan fingerprint density at radius 1 is 0.272 bits per heavy atom. The molecule has 0 rings (SSSR count). The van der Waals surface area contributed by atoms with E-state index in [1.165, 1.54) is 238 Å². The van der Waals surface area contributed by atoms with Crippen LogP contribution in [0.3, 0.4) is 0 Å². The maximum Gasteiger partial charge on any atom is 0.472 e. The van der Waals surface area contributed by atoms with Crippen molar-refractivity contribution in [3.8, 4) is 0 Å². The Hall–Kier alpha value is -1.94. The van der Waals surface area contributed by atoms with E-state index in [2.05, 4.69) is 55.4 Å². The summed E-state index contributed by atoms with van der Waals surface area (Å²) >= 11 is 0. The molecule has 0 aromatic carbocycles. The summed E-state index contributed by atoms with van der Waals surface area (Å²) in [6, 6.07) is 0. The molecular weight excluding hydrogens is 1340 g/mol. The van der Waals surface area contributed by atoms with E-state index >= 15 is 0 Å². The first-order chi connectivity index (χ1) is 49.7. The maximum atomic E-state index is 13.1. The molecule has 0 saturated carbocycles. The first-order valence-electron chi connectivity index (χ1n) is 43.3. The van der Waals surface area contributed by atoms with Gasteiger partial charge in [-0.15, -0.1) is 0 Å². The summed E-state index contributed by atoms with van der Waals surface area (Å²) in [5.74, 6) is 1.10. The molecule has 0 spiro atoms. The van der Waals surface area contributed by atoms with Gasteiger partial charge in [0.15, 0.2) is 12.2 Å². The van der Waals surface area contributed by atoms with Gasteiger partial charge in [-0.1, -0.05) is 383 Å². The minimum absolute atomic E-state index is 0.106. The molecular formula is C84H164O17P2. The van der Waals surface area contributed by atoms with Gasteiger partial charge in [0.05, 0.1) is 26.4 Å². The summed E-state index contributed by atoms with van der Waals surface area (Å²) in [5.41, 5.74) is 0. The Morgan fingerprint density at radius 2 is 0.466 bits per heavy atom. The normalized spacial score (nSPS) is 14.5. The number of carbonyl (C=O) groups is 4. The maximum absolute atomic E-state index is 13.1. The summed E-state index contributed by atoms with van der Waals surface area (Å²) in [4.78, 5) is 73.2. The highest BCUT2D eigenvalue weighted by molar-refractivity contribution is 7.47. The number of hydrogen-bond donors (Lipinski definition) is 3. The molecule has 19 heteroatoms. The third-order valence-electron chi connectivity index (χ3n) is 20.3. The van der Waals surface area contributed by atoms with Gasteiger partial charge in [0.25, 0.3) is 0 Å². The molecule has 0 aliphatic carbocycles. The molecule has 0 aliphatic rings. The van der Waals surface area contributed by atoms with Gasteiger partial charge < -0.3 is 33.8 Å². The van der Waals surface area contributed by atoms with E-state index < -0.39 is 97.5 Å². The number of rotatable bonds is 81. The Morgan fingerprint density at radius 3 is 0.689 bits per heavy atom. The molecule has 0 radical (unpaired) electrons. The van der Waals surface area contributed by atoms with Crippen molar-refractivity contribution >= 4 is 39.5 Å². The van der Waals surface area contributed by atoms with E-state index in [9.17, 15) is 43.2 Å². The van der Waals surface area contributed by atoms with E-state index in [1.807, 2.05) is 0 Å². The first kappa shape index (κ1) is 101. The van der Waals surface area contributed by atoms with E-state index in [1.54, 1.807) is 0 Å². The monoisotopic (exact) mass is 1510 g/mol. The zero-order chi connectivity index (χ0) is 76.0. The SMILES string of the molecule is CCC(C)CCCCCCCCCCCCCCCCC(=O)OC[C@H](COP(=O)(O)OC[C@@H](O)COP(=O)(O)OC[C@@H](COC(=O)CCCCCCCCCCC(C)CC)OC(=O)CCCCCCCCCCCCCCC(C)C)OC(=O)CCCCCCCCCCCCCCCCCC(C)C. The van der Waals surface area contributed by atoms with Crippen LogP contribution in [0.25, 0.3) is 0 Å². The summed E-state index contributed by atoms with van der Waals surface area (Å²) < 4.78 is 68.9. The highest BCUT2D eigenvalue weighted by Crippen LogP contribution is 2.45. The predicted molar refractivity (Wildman–Crippen MR) is 423 cm³/mol. The number of phosphoric ester groups is 2. The molecule has 0 bridgehead atoms. The zero-order valence-corrected chi connectivity index (χ0v) is 69.7. The quantitative estimate of drug-likeness (QED) is 0.0222. The number of ether oxygens (including phenoxy) is 4. The summed E-state index contributed by atoms with van der Waals surface area (Å²) in [5, 5.41) is 10.7. The fourth-order valence-corrected chi connectivity index (χ4v) is 14.5. The molecule has 17 nitrogen and oxygen atoms in total. The van der Waals surface area contributed by atoms with Crippen molar-refractivity contribution in [2.45, 2.75) is 453 Å². The smallest absolute Gasteiger partial charge is 0.462 e. The molecule has 103 heavy (non-hydrogen) atoms. The lowest BCUT2D eigenvalue weighted by Gasteiger charge is -2.21. The Bertz CT molecular complexity index is 2010. The standard InChI is InChI=1S/C84H164O17P2/c1-9-76(7)62-54-46-38-30-24-17-14-15-18-25-31-40-48-56-64-81(86)94-70-79(100-83(88)66-58-50-42-32-26-19-13-11-12-16-22-28-36-44-52-60-74(3)4)72-98-102(90,91)96-68-78(85)69-97-103(92,93)99-73-80(71-95-82(87)65-57-49-41-35-34-39-47-55-63-77(8)10-2)101-84(89)67-59-51-43-33-27-21-20-23-29-37-45-53-61-75(5)6/h74-80,85H,9-73H2,1-8H3,(H,90,91)(H,92,93)/t76?,77?,78-,79-,80-/m1/s1. The van der Waals surface area contributed by atoms with Crippen LogP contribution in [0.1, 0.15) is 434 Å². The third kappa shape index (κ3) is 75.3. The molecule has 0 saturated heterocycles. The zero-order valence-electron chi connectivity index (χ0n) is 68.0. The van der Waals surface area contributed by atoms with Crippen LogP contribution in [0.5, 0.6) is 0 Å². The van der Waals surface area contributed by atoms with Gasteiger partial charge in [-0.05, 0) is 49.4 Å². The number of carbonyl (C=O) groups excluding carboxylic acids is 4. The number of unbranched alkanes of at least 4 members (excludes halogenated alkanes) is 45. The predicted octanol–water partition coefficient (Wildman–Crippen LogP) is 25.2. The van der Waals surface area contributed by atoms with Crippen molar-refractivity contribution in [3.05, 3.63) is 0 Å². The molecule has 0 heterocycles. The second kappa shape index (κ2) is 72.9. The fourth-order valence-electron chi connectivity index (χ4n) is 12.9. The van der Waals surface area contributed by atoms with E-state index in [0.29, 0.717) is 25.7 Å². The molecule has 7 atom stereocenters. The van der Waals surface area contributed by atoms with Gasteiger partial charge in [0, 0.05) is 25.7 Å². The summed E-state index contributed by atoms with van der Waals surface area (Å²) in [6.45, 7) is 14.4. The van der Waals surface area contributed by atoms with E-state index in [4.69, 9.17) is 37.0 Å². The highest BCUT2D eigenvalue weighted by atomic mass is 31.2. The van der Waals surface area contributed by atoms with Gasteiger partial charge in [-0.2, -0.15) is 0 Å². The molecule has 0 amide bonds. The Labute approximate surface area is 632 Å². The van der Waals surface area contributed by atoms with Crippen molar-refractivity contribution < 1.29 is 80.2 Å². The van der Waals surface area contributed by atoms with Crippen LogP contribution in [0.2, 0.25) is 0 Å². The molecule has 4 unspecified atom stereocenters. The van der Waals surface area contributed by atoms with Gasteiger partial charge in [0.1, 0.15) is 19.3 Å². The first-order valence-corrected chi connectivity index (χ1v) is 46.3. The second-order valence-corrected chi connectivity index (χ2v) is 34.6. The van der Waals surface area contributed by atoms with Crippen molar-refractivity contribution in [3.63, 3.8) is 0 Å². The van der Waals surface area contributed by atoms with Crippen LogP contribution >= 0.6 is 15.6 Å². The number of aliphatic hydroxyl groups excluding tert-OH is 1. The minimum atomic E-state index is -4.97. The molecule has 0 aromatic rings. The Kier molecular flexibility index (Phi) is 71.5. The number of hydrogen-bond acceptors (Lipinski definition) is 15. The number of aliphatic hydroxyl groups is 1. The topological polar surface area (TPSA) is 237 Å². The Balaban J connectivity index is 5.27. The lowest BCUT2D eigenvalue weighted by molar-refractivity contribution is -0.161. The lowest BCUT2D eigenvalue weighted by atomic mass is 9.99. The van der Waals surface area contributed by atoms with Gasteiger partial charge >= 0.3 is 39.5 Å². The average molecular weight is 1510 g/mol. The largest absolute Gasteiger partial charge is 0.472 e. The van der Waals surface area contributed by atoms with Crippen molar-refractivity contribution in [1.29, 1.82) is 0 Å². The average Bonchev–Trinajstić information content (AvgIpc) is 0.922. The molecule has 0 aliphatic heterocycles. The lowest BCUT2D eigenvalue weighted by Crippen LogP contribution is -2.30. The minimum Gasteiger partial charge on any atom is -0.462 e. The van der Waals surface area contributed by atoms with Gasteiger partial charge in [-0.25, -0.2) is 9.13 Å².